The molecule has 0 bridgehead atoms. The highest BCUT2D eigenvalue weighted by Gasteiger charge is 2.23. The van der Waals surface area contributed by atoms with Gasteiger partial charge in [-0.05, 0) is 54.7 Å². The van der Waals surface area contributed by atoms with Gasteiger partial charge in [-0.2, -0.15) is 0 Å². The third-order valence-corrected chi connectivity index (χ3v) is 4.74. The summed E-state index contributed by atoms with van der Waals surface area (Å²) in [5.41, 5.74) is 1.61. The summed E-state index contributed by atoms with van der Waals surface area (Å²) >= 11 is 5.96. The van der Waals surface area contributed by atoms with Crippen LogP contribution in [0.2, 0.25) is 5.02 Å². The van der Waals surface area contributed by atoms with E-state index in [1.54, 1.807) is 36.4 Å². The number of nitrogens with zero attached hydrogens (tertiary/aromatic N) is 1. The van der Waals surface area contributed by atoms with Gasteiger partial charge in [0.1, 0.15) is 5.82 Å². The molecular formula is C20H21ClFNO2. The SMILES string of the molecule is O=C(c1cccc(Cl)c1)N1CCC(COCc2ccc(F)cc2)CC1. The standard InChI is InChI=1S/C20H21ClFNO2/c21-18-3-1-2-17(12-18)20(24)23-10-8-16(9-11-23)14-25-13-15-4-6-19(22)7-5-15/h1-7,12,16H,8-11,13-14H2. The van der Waals surface area contributed by atoms with Gasteiger partial charge in [0.05, 0.1) is 6.61 Å². The molecule has 2 aromatic rings. The van der Waals surface area contributed by atoms with Crippen molar-refractivity contribution in [2.75, 3.05) is 19.7 Å². The van der Waals surface area contributed by atoms with E-state index in [4.69, 9.17) is 16.3 Å². The number of benzene rings is 2. The van der Waals surface area contributed by atoms with Crippen LogP contribution in [0.5, 0.6) is 0 Å². The van der Waals surface area contributed by atoms with Crippen LogP contribution in [-0.2, 0) is 11.3 Å². The molecule has 0 aromatic heterocycles. The molecule has 1 fully saturated rings. The first-order valence-electron chi connectivity index (χ1n) is 8.49. The van der Waals surface area contributed by atoms with Gasteiger partial charge < -0.3 is 9.64 Å². The predicted octanol–water partition coefficient (Wildman–Crippen LogP) is 4.55. The van der Waals surface area contributed by atoms with Crippen molar-refractivity contribution in [3.05, 3.63) is 70.5 Å². The van der Waals surface area contributed by atoms with Crippen molar-refractivity contribution in [2.24, 2.45) is 5.92 Å². The fourth-order valence-corrected chi connectivity index (χ4v) is 3.22. The summed E-state index contributed by atoms with van der Waals surface area (Å²) in [4.78, 5) is 14.4. The van der Waals surface area contributed by atoms with Crippen molar-refractivity contribution in [1.82, 2.24) is 4.90 Å². The monoisotopic (exact) mass is 361 g/mol. The zero-order chi connectivity index (χ0) is 17.6. The van der Waals surface area contributed by atoms with E-state index in [0.29, 0.717) is 29.7 Å². The van der Waals surface area contributed by atoms with Crippen LogP contribution in [-0.4, -0.2) is 30.5 Å². The molecule has 3 nitrogen and oxygen atoms in total. The minimum Gasteiger partial charge on any atom is -0.376 e. The van der Waals surface area contributed by atoms with E-state index in [-0.39, 0.29) is 11.7 Å². The molecule has 0 spiro atoms. The van der Waals surface area contributed by atoms with Crippen molar-refractivity contribution in [3.8, 4) is 0 Å². The number of halogens is 2. The van der Waals surface area contributed by atoms with Crippen LogP contribution in [0.25, 0.3) is 0 Å². The predicted molar refractivity (Wildman–Crippen MR) is 96.1 cm³/mol. The molecule has 132 valence electrons. The number of carbonyl (C=O) groups excluding carboxylic acids is 1. The summed E-state index contributed by atoms with van der Waals surface area (Å²) in [5.74, 6) is 0.248. The molecule has 2 aromatic carbocycles. The first-order valence-corrected chi connectivity index (χ1v) is 8.86. The van der Waals surface area contributed by atoms with E-state index in [1.165, 1.54) is 12.1 Å². The fourth-order valence-electron chi connectivity index (χ4n) is 3.03. The zero-order valence-corrected chi connectivity index (χ0v) is 14.7. The molecule has 1 amide bonds. The fraction of sp³-hybridized carbons (Fsp3) is 0.350. The maximum absolute atomic E-state index is 12.9. The topological polar surface area (TPSA) is 29.5 Å². The lowest BCUT2D eigenvalue weighted by Crippen LogP contribution is -2.39. The van der Waals surface area contributed by atoms with E-state index >= 15 is 0 Å². The van der Waals surface area contributed by atoms with Gasteiger partial charge in [-0.1, -0.05) is 29.8 Å². The zero-order valence-electron chi connectivity index (χ0n) is 14.0. The van der Waals surface area contributed by atoms with E-state index in [2.05, 4.69) is 0 Å². The molecule has 5 heteroatoms. The summed E-state index contributed by atoms with van der Waals surface area (Å²) in [6.07, 6.45) is 1.85. The molecule has 1 saturated heterocycles. The number of likely N-dealkylation sites (tertiary alicyclic amines) is 1. The van der Waals surface area contributed by atoms with Crippen LogP contribution in [0.3, 0.4) is 0 Å². The Hall–Kier alpha value is -1.91. The molecule has 1 heterocycles. The summed E-state index contributed by atoms with van der Waals surface area (Å²) in [6.45, 7) is 2.62. The van der Waals surface area contributed by atoms with Crippen LogP contribution in [0, 0.1) is 11.7 Å². The molecule has 1 aliphatic rings. The molecule has 0 aliphatic carbocycles. The van der Waals surface area contributed by atoms with Crippen molar-refractivity contribution in [2.45, 2.75) is 19.4 Å². The summed E-state index contributed by atoms with van der Waals surface area (Å²) < 4.78 is 18.6. The Bertz CT molecular complexity index is 712. The number of piperidine rings is 1. The first kappa shape index (κ1) is 17.9. The largest absolute Gasteiger partial charge is 0.376 e. The molecule has 0 unspecified atom stereocenters. The molecule has 0 radical (unpaired) electrons. The van der Waals surface area contributed by atoms with Gasteiger partial charge in [-0.15, -0.1) is 0 Å². The van der Waals surface area contributed by atoms with Gasteiger partial charge in [-0.3, -0.25) is 4.79 Å². The number of amides is 1. The number of hydrogen-bond donors (Lipinski definition) is 0. The first-order chi connectivity index (χ1) is 12.1. The quantitative estimate of drug-likeness (QED) is 0.782. The Morgan fingerprint density at radius 1 is 1.16 bits per heavy atom. The van der Waals surface area contributed by atoms with E-state index in [1.807, 2.05) is 4.90 Å². The highest BCUT2D eigenvalue weighted by molar-refractivity contribution is 6.30. The van der Waals surface area contributed by atoms with Crippen LogP contribution in [0.1, 0.15) is 28.8 Å². The van der Waals surface area contributed by atoms with E-state index < -0.39 is 0 Å². The Morgan fingerprint density at radius 2 is 1.88 bits per heavy atom. The Morgan fingerprint density at radius 3 is 2.56 bits per heavy atom. The van der Waals surface area contributed by atoms with Gasteiger partial charge in [0.25, 0.3) is 5.91 Å². The molecular weight excluding hydrogens is 341 g/mol. The van der Waals surface area contributed by atoms with Crippen molar-refractivity contribution < 1.29 is 13.9 Å². The Kier molecular flexibility index (Phi) is 6.05. The van der Waals surface area contributed by atoms with Gasteiger partial charge in [-0.25, -0.2) is 4.39 Å². The van der Waals surface area contributed by atoms with Crippen LogP contribution < -0.4 is 0 Å². The van der Waals surface area contributed by atoms with Crippen molar-refractivity contribution >= 4 is 17.5 Å². The maximum atomic E-state index is 12.9. The van der Waals surface area contributed by atoms with Gasteiger partial charge in [0.15, 0.2) is 0 Å². The summed E-state index contributed by atoms with van der Waals surface area (Å²) in [7, 11) is 0. The van der Waals surface area contributed by atoms with Gasteiger partial charge >= 0.3 is 0 Å². The minimum absolute atomic E-state index is 0.0354. The minimum atomic E-state index is -0.236. The highest BCUT2D eigenvalue weighted by Crippen LogP contribution is 2.21. The molecule has 3 rings (SSSR count). The van der Waals surface area contributed by atoms with Crippen LogP contribution >= 0.6 is 11.6 Å². The molecule has 1 aliphatic heterocycles. The van der Waals surface area contributed by atoms with Crippen LogP contribution in [0.4, 0.5) is 4.39 Å². The molecule has 25 heavy (non-hydrogen) atoms. The Labute approximate surface area is 152 Å². The van der Waals surface area contributed by atoms with Crippen LogP contribution in [0.15, 0.2) is 48.5 Å². The number of carbonyl (C=O) groups is 1. The number of hydrogen-bond acceptors (Lipinski definition) is 2. The molecule has 0 saturated carbocycles. The second-order valence-electron chi connectivity index (χ2n) is 6.39. The third kappa shape index (κ3) is 5.03. The normalized spacial score (nSPS) is 15.4. The second kappa shape index (κ2) is 8.45. The van der Waals surface area contributed by atoms with Crippen molar-refractivity contribution in [1.29, 1.82) is 0 Å². The maximum Gasteiger partial charge on any atom is 0.253 e. The number of ether oxygens (including phenoxy) is 1. The summed E-state index contributed by atoms with van der Waals surface area (Å²) in [6, 6.07) is 13.4. The molecule has 0 N–H and O–H groups in total. The lowest BCUT2D eigenvalue weighted by molar-refractivity contribution is 0.0478. The average Bonchev–Trinajstić information content (AvgIpc) is 2.63. The lowest BCUT2D eigenvalue weighted by atomic mass is 9.97. The smallest absolute Gasteiger partial charge is 0.253 e. The van der Waals surface area contributed by atoms with E-state index in [9.17, 15) is 9.18 Å². The lowest BCUT2D eigenvalue weighted by Gasteiger charge is -2.32. The average molecular weight is 362 g/mol. The van der Waals surface area contributed by atoms with Gasteiger partial charge in [0.2, 0.25) is 0 Å². The molecule has 0 atom stereocenters. The third-order valence-electron chi connectivity index (χ3n) is 4.51. The van der Waals surface area contributed by atoms with Gasteiger partial charge in [0, 0.05) is 30.3 Å². The van der Waals surface area contributed by atoms with Crippen molar-refractivity contribution in [3.63, 3.8) is 0 Å². The Balaban J connectivity index is 1.42. The highest BCUT2D eigenvalue weighted by atomic mass is 35.5. The summed E-state index contributed by atoms with van der Waals surface area (Å²) in [5, 5.41) is 0.579. The second-order valence-corrected chi connectivity index (χ2v) is 6.82. The van der Waals surface area contributed by atoms with E-state index in [0.717, 1.165) is 31.5 Å². The number of rotatable bonds is 5.